The van der Waals surface area contributed by atoms with Gasteiger partial charge in [0.15, 0.2) is 0 Å². The molecule has 1 saturated carbocycles. The molecule has 1 aromatic carbocycles. The Morgan fingerprint density at radius 3 is 2.55 bits per heavy atom. The molecule has 33 heavy (non-hydrogen) atoms. The monoisotopic (exact) mass is 474 g/mol. The number of amides is 2. The maximum atomic E-state index is 13.5. The molecular weight excluding hydrogens is 440 g/mol. The van der Waals surface area contributed by atoms with Crippen LogP contribution in [0.25, 0.3) is 0 Å². The fourth-order valence-electron chi connectivity index (χ4n) is 4.32. The molecule has 3 rings (SSSR count). The molecule has 180 valence electrons. The van der Waals surface area contributed by atoms with Crippen LogP contribution >= 0.6 is 11.6 Å². The van der Waals surface area contributed by atoms with Gasteiger partial charge in [-0.15, -0.1) is 0 Å². The van der Waals surface area contributed by atoms with Crippen LogP contribution in [0.4, 0.5) is 5.69 Å². The molecule has 7 nitrogen and oxygen atoms in total. The normalized spacial score (nSPS) is 14.8. The van der Waals surface area contributed by atoms with Gasteiger partial charge in [0.1, 0.15) is 11.3 Å². The molecule has 0 atom stereocenters. The van der Waals surface area contributed by atoms with E-state index in [0.717, 1.165) is 31.2 Å². The molecule has 0 saturated heterocycles. The maximum Gasteiger partial charge on any atom is 0.259 e. The molecule has 0 bridgehead atoms. The molecule has 2 amide bonds. The van der Waals surface area contributed by atoms with Crippen molar-refractivity contribution < 1.29 is 14.1 Å². The second kappa shape index (κ2) is 10.7. The lowest BCUT2D eigenvalue weighted by Gasteiger charge is -2.32. The van der Waals surface area contributed by atoms with Crippen LogP contribution in [-0.4, -0.2) is 35.0 Å². The fourth-order valence-corrected chi connectivity index (χ4v) is 4.49. The molecule has 0 spiro atoms. The third-order valence-electron chi connectivity index (χ3n) is 6.36. The first-order chi connectivity index (χ1) is 15.6. The number of halogens is 1. The lowest BCUT2D eigenvalue weighted by atomic mass is 9.88. The number of carbonyl (C=O) groups is 2. The van der Waals surface area contributed by atoms with Crippen molar-refractivity contribution in [3.63, 3.8) is 0 Å². The Hall–Kier alpha value is -2.38. The summed E-state index contributed by atoms with van der Waals surface area (Å²) >= 11 is 6.52. The highest BCUT2D eigenvalue weighted by molar-refractivity contribution is 6.31. The van der Waals surface area contributed by atoms with E-state index in [1.54, 1.807) is 30.9 Å². The van der Waals surface area contributed by atoms with Gasteiger partial charge in [-0.25, -0.2) is 0 Å². The molecule has 3 N–H and O–H groups in total. The Bertz CT molecular complexity index is 976. The summed E-state index contributed by atoms with van der Waals surface area (Å²) in [5.74, 6) is 0.407. The van der Waals surface area contributed by atoms with Crippen molar-refractivity contribution >= 4 is 29.1 Å². The number of hydrogen-bond acceptors (Lipinski definition) is 5. The number of nitrogens with zero attached hydrogens (tertiary/aromatic N) is 2. The lowest BCUT2D eigenvalue weighted by molar-refractivity contribution is -0.120. The largest absolute Gasteiger partial charge is 0.361 e. The van der Waals surface area contributed by atoms with Crippen molar-refractivity contribution in [1.29, 1.82) is 0 Å². The van der Waals surface area contributed by atoms with Gasteiger partial charge in [0.25, 0.3) is 5.91 Å². The molecule has 1 heterocycles. The minimum atomic E-state index is -0.298. The molecule has 8 heteroatoms. The van der Waals surface area contributed by atoms with Crippen molar-refractivity contribution in [1.82, 2.24) is 10.1 Å². The predicted octanol–water partition coefficient (Wildman–Crippen LogP) is 5.09. The Kier molecular flexibility index (Phi) is 8.19. The van der Waals surface area contributed by atoms with Crippen LogP contribution < -0.4 is 11.1 Å². The van der Waals surface area contributed by atoms with Gasteiger partial charge in [0.05, 0.1) is 5.69 Å². The molecular formula is C25H35ClN4O3. The first-order valence-electron chi connectivity index (χ1n) is 11.6. The van der Waals surface area contributed by atoms with E-state index >= 15 is 0 Å². The third-order valence-corrected chi connectivity index (χ3v) is 6.73. The standard InChI is InChI=1S/C25H35ClN4O3/c1-16-22(17(2)33-29-16)24(32)30(15-25(3,4)14-27)13-19-12-20(10-11-21(19)26)28-23(31)18-8-6-5-7-9-18/h10-12,18H,5-9,13-15,27H2,1-4H3,(H,28,31). The van der Waals surface area contributed by atoms with E-state index in [4.69, 9.17) is 21.9 Å². The maximum absolute atomic E-state index is 13.5. The summed E-state index contributed by atoms with van der Waals surface area (Å²) in [7, 11) is 0. The number of hydrogen-bond donors (Lipinski definition) is 2. The number of rotatable bonds is 8. The molecule has 0 unspecified atom stereocenters. The fraction of sp³-hybridized carbons (Fsp3) is 0.560. The summed E-state index contributed by atoms with van der Waals surface area (Å²) in [4.78, 5) is 27.9. The van der Waals surface area contributed by atoms with E-state index in [0.29, 0.717) is 40.8 Å². The Morgan fingerprint density at radius 1 is 1.24 bits per heavy atom. The average molecular weight is 475 g/mol. The van der Waals surface area contributed by atoms with E-state index in [2.05, 4.69) is 10.5 Å². The number of nitrogens with one attached hydrogen (secondary N) is 1. The highest BCUT2D eigenvalue weighted by Gasteiger charge is 2.29. The SMILES string of the molecule is Cc1noc(C)c1C(=O)N(Cc1cc(NC(=O)C2CCCCC2)ccc1Cl)CC(C)(C)CN. The number of anilines is 1. The predicted molar refractivity (Wildman–Crippen MR) is 130 cm³/mol. The van der Waals surface area contributed by atoms with Gasteiger partial charge in [0.2, 0.25) is 5.91 Å². The van der Waals surface area contributed by atoms with Gasteiger partial charge >= 0.3 is 0 Å². The van der Waals surface area contributed by atoms with Crippen LogP contribution in [0.2, 0.25) is 5.02 Å². The van der Waals surface area contributed by atoms with Gasteiger partial charge in [-0.1, -0.05) is 49.9 Å². The van der Waals surface area contributed by atoms with Crippen LogP contribution in [0.3, 0.4) is 0 Å². The molecule has 0 radical (unpaired) electrons. The quantitative estimate of drug-likeness (QED) is 0.554. The highest BCUT2D eigenvalue weighted by atomic mass is 35.5. The van der Waals surface area contributed by atoms with Gasteiger partial charge in [-0.05, 0) is 62.4 Å². The summed E-state index contributed by atoms with van der Waals surface area (Å²) in [5.41, 5.74) is 8.12. The van der Waals surface area contributed by atoms with Crippen molar-refractivity contribution in [2.24, 2.45) is 17.1 Å². The Balaban J connectivity index is 1.84. The summed E-state index contributed by atoms with van der Waals surface area (Å²) in [5, 5.41) is 7.51. The zero-order valence-corrected chi connectivity index (χ0v) is 20.8. The van der Waals surface area contributed by atoms with Gasteiger partial charge in [0, 0.05) is 29.7 Å². The minimum Gasteiger partial charge on any atom is -0.361 e. The van der Waals surface area contributed by atoms with E-state index < -0.39 is 0 Å². The van der Waals surface area contributed by atoms with Crippen molar-refractivity contribution in [3.05, 3.63) is 45.8 Å². The van der Waals surface area contributed by atoms with Gasteiger partial charge < -0.3 is 20.5 Å². The van der Waals surface area contributed by atoms with Crippen LogP contribution in [0, 0.1) is 25.2 Å². The summed E-state index contributed by atoms with van der Waals surface area (Å²) in [6.45, 7) is 8.65. The van der Waals surface area contributed by atoms with Crippen molar-refractivity contribution in [3.8, 4) is 0 Å². The van der Waals surface area contributed by atoms with Crippen LogP contribution in [0.15, 0.2) is 22.7 Å². The third kappa shape index (κ3) is 6.36. The van der Waals surface area contributed by atoms with Crippen LogP contribution in [0.1, 0.15) is 73.3 Å². The van der Waals surface area contributed by atoms with Gasteiger partial charge in [-0.2, -0.15) is 0 Å². The van der Waals surface area contributed by atoms with Crippen molar-refractivity contribution in [2.45, 2.75) is 66.3 Å². The van der Waals surface area contributed by atoms with E-state index in [1.807, 2.05) is 19.9 Å². The lowest BCUT2D eigenvalue weighted by Crippen LogP contribution is -2.42. The highest BCUT2D eigenvalue weighted by Crippen LogP contribution is 2.28. The first-order valence-corrected chi connectivity index (χ1v) is 12.0. The summed E-state index contributed by atoms with van der Waals surface area (Å²) in [6, 6.07) is 5.42. The molecule has 2 aromatic rings. The summed E-state index contributed by atoms with van der Waals surface area (Å²) < 4.78 is 5.22. The van der Waals surface area contributed by atoms with E-state index in [-0.39, 0.29) is 29.7 Å². The molecule has 1 aliphatic rings. The molecule has 1 fully saturated rings. The Labute approximate surface area is 201 Å². The minimum absolute atomic E-state index is 0.0518. The number of carbonyl (C=O) groups excluding carboxylic acids is 2. The zero-order chi connectivity index (χ0) is 24.2. The number of aromatic nitrogens is 1. The van der Waals surface area contributed by atoms with Crippen molar-refractivity contribution in [2.75, 3.05) is 18.4 Å². The summed E-state index contributed by atoms with van der Waals surface area (Å²) in [6.07, 6.45) is 5.25. The number of aryl methyl sites for hydroxylation is 2. The smallest absolute Gasteiger partial charge is 0.259 e. The van der Waals surface area contributed by atoms with Gasteiger partial charge in [-0.3, -0.25) is 9.59 Å². The molecule has 1 aromatic heterocycles. The second-order valence-corrected chi connectivity index (χ2v) is 10.3. The second-order valence-electron chi connectivity index (χ2n) is 9.86. The van der Waals surface area contributed by atoms with Crippen LogP contribution in [0.5, 0.6) is 0 Å². The van der Waals surface area contributed by atoms with Crippen LogP contribution in [-0.2, 0) is 11.3 Å². The number of benzene rings is 1. The number of nitrogens with two attached hydrogens (primary N) is 1. The first kappa shape index (κ1) is 25.2. The van der Waals surface area contributed by atoms with E-state index in [9.17, 15) is 9.59 Å². The average Bonchev–Trinajstić information content (AvgIpc) is 3.13. The van der Waals surface area contributed by atoms with E-state index in [1.165, 1.54) is 6.42 Å². The molecule has 0 aliphatic heterocycles. The topological polar surface area (TPSA) is 101 Å². The Morgan fingerprint density at radius 2 is 1.94 bits per heavy atom. The zero-order valence-electron chi connectivity index (χ0n) is 20.0. The molecule has 1 aliphatic carbocycles.